The molecule has 1 atom stereocenters. The maximum absolute atomic E-state index is 11.2. The zero-order valence-corrected chi connectivity index (χ0v) is 16.9. The van der Waals surface area contributed by atoms with E-state index in [0.29, 0.717) is 28.4 Å². The molecular weight excluding hydrogens is 396 g/mol. The Morgan fingerprint density at radius 3 is 2.55 bits per heavy atom. The number of phenolic OH excluding ortho intramolecular Hbond substituents is 1. The summed E-state index contributed by atoms with van der Waals surface area (Å²) in [7, 11) is 0. The molecule has 31 heavy (non-hydrogen) atoms. The first-order valence-electron chi connectivity index (χ1n) is 9.64. The van der Waals surface area contributed by atoms with Crippen molar-refractivity contribution in [1.29, 1.82) is 5.26 Å². The quantitative estimate of drug-likeness (QED) is 0.591. The van der Waals surface area contributed by atoms with Crippen molar-refractivity contribution < 1.29 is 19.7 Å². The number of hydrogen-bond donors (Lipinski definition) is 3. The van der Waals surface area contributed by atoms with Crippen molar-refractivity contribution in [3.8, 4) is 23.4 Å². The fourth-order valence-corrected chi connectivity index (χ4v) is 3.75. The first-order chi connectivity index (χ1) is 14.8. The van der Waals surface area contributed by atoms with Crippen LogP contribution in [0.2, 0.25) is 0 Å². The minimum Gasteiger partial charge on any atom is -0.508 e. The highest BCUT2D eigenvalue weighted by atomic mass is 16.5. The van der Waals surface area contributed by atoms with Crippen LogP contribution in [-0.2, 0) is 0 Å². The van der Waals surface area contributed by atoms with Gasteiger partial charge in [0, 0.05) is 0 Å². The van der Waals surface area contributed by atoms with Crippen LogP contribution in [0.25, 0.3) is 5.69 Å². The largest absolute Gasteiger partial charge is 0.508 e. The van der Waals surface area contributed by atoms with Gasteiger partial charge in [0.25, 0.3) is 0 Å². The number of carboxylic acid groups (broad SMARTS) is 1. The van der Waals surface area contributed by atoms with Crippen LogP contribution in [0, 0.1) is 11.3 Å². The maximum Gasteiger partial charge on any atom is 0.335 e. The van der Waals surface area contributed by atoms with Gasteiger partial charge in [-0.05, 0) is 47.9 Å². The third-order valence-electron chi connectivity index (χ3n) is 5.19. The summed E-state index contributed by atoms with van der Waals surface area (Å²) in [6, 6.07) is 15.0. The summed E-state index contributed by atoms with van der Waals surface area (Å²) in [6.45, 7) is 3.96. The number of fused-ring (bicyclic) bond motifs is 1. The van der Waals surface area contributed by atoms with Crippen LogP contribution in [0.1, 0.15) is 52.9 Å². The second kappa shape index (κ2) is 7.54. The molecule has 0 amide bonds. The summed E-state index contributed by atoms with van der Waals surface area (Å²) in [5.41, 5.74) is 9.19. The van der Waals surface area contributed by atoms with E-state index in [2.05, 4.69) is 6.07 Å². The predicted molar refractivity (Wildman–Crippen MR) is 112 cm³/mol. The number of ether oxygens (including phenoxy) is 1. The Balaban J connectivity index is 1.97. The zero-order chi connectivity index (χ0) is 22.3. The van der Waals surface area contributed by atoms with Gasteiger partial charge in [-0.3, -0.25) is 0 Å². The van der Waals surface area contributed by atoms with Crippen molar-refractivity contribution in [2.45, 2.75) is 25.7 Å². The van der Waals surface area contributed by atoms with Crippen LogP contribution >= 0.6 is 0 Å². The zero-order valence-electron chi connectivity index (χ0n) is 16.9. The van der Waals surface area contributed by atoms with E-state index < -0.39 is 11.9 Å². The van der Waals surface area contributed by atoms with Crippen LogP contribution in [0.5, 0.6) is 11.6 Å². The molecule has 0 fully saturated rings. The molecular formula is C23H20N4O4. The highest BCUT2D eigenvalue weighted by molar-refractivity contribution is 5.87. The SMILES string of the molecule is CC(C)c1nn(-c2ccc(C(=O)O)cc2)c2c1C(c1cccc(O)c1)C(C#N)=C(N)O2. The number of hydrogen-bond acceptors (Lipinski definition) is 6. The number of carboxylic acids is 1. The van der Waals surface area contributed by atoms with Crippen molar-refractivity contribution in [3.63, 3.8) is 0 Å². The minimum absolute atomic E-state index is 0.00373. The number of allylic oxidation sites excluding steroid dienone is 1. The molecule has 0 saturated carbocycles. The molecule has 1 aliphatic heterocycles. The van der Waals surface area contributed by atoms with Gasteiger partial charge in [-0.1, -0.05) is 26.0 Å². The number of aromatic hydroxyl groups is 1. The predicted octanol–water partition coefficient (Wildman–Crippen LogP) is 3.62. The van der Waals surface area contributed by atoms with Crippen LogP contribution in [0.15, 0.2) is 60.0 Å². The van der Waals surface area contributed by atoms with Crippen molar-refractivity contribution in [2.75, 3.05) is 0 Å². The van der Waals surface area contributed by atoms with Crippen LogP contribution < -0.4 is 10.5 Å². The van der Waals surface area contributed by atoms with E-state index >= 15 is 0 Å². The van der Waals surface area contributed by atoms with Crippen LogP contribution in [0.3, 0.4) is 0 Å². The molecule has 1 unspecified atom stereocenters. The number of aromatic carboxylic acids is 1. The highest BCUT2D eigenvalue weighted by Gasteiger charge is 2.37. The lowest BCUT2D eigenvalue weighted by Gasteiger charge is -2.25. The average Bonchev–Trinajstić information content (AvgIpc) is 3.12. The molecule has 0 spiro atoms. The fourth-order valence-electron chi connectivity index (χ4n) is 3.75. The molecule has 4 rings (SSSR count). The smallest absolute Gasteiger partial charge is 0.335 e. The Kier molecular flexibility index (Phi) is 4.87. The average molecular weight is 416 g/mol. The molecule has 8 nitrogen and oxygen atoms in total. The van der Waals surface area contributed by atoms with Gasteiger partial charge in [0.15, 0.2) is 0 Å². The topological polar surface area (TPSA) is 134 Å². The number of nitrogens with two attached hydrogens (primary N) is 1. The molecule has 0 radical (unpaired) electrons. The number of benzene rings is 2. The lowest BCUT2D eigenvalue weighted by molar-refractivity contribution is 0.0697. The van der Waals surface area contributed by atoms with E-state index in [9.17, 15) is 15.2 Å². The van der Waals surface area contributed by atoms with Crippen molar-refractivity contribution in [2.24, 2.45) is 5.73 Å². The summed E-state index contributed by atoms with van der Waals surface area (Å²) in [4.78, 5) is 11.2. The molecule has 4 N–H and O–H groups in total. The molecule has 156 valence electrons. The molecule has 1 aliphatic rings. The Bertz CT molecular complexity index is 1250. The van der Waals surface area contributed by atoms with Gasteiger partial charge in [-0.2, -0.15) is 10.4 Å². The van der Waals surface area contributed by atoms with E-state index in [0.717, 1.165) is 0 Å². The summed E-state index contributed by atoms with van der Waals surface area (Å²) < 4.78 is 7.43. The summed E-state index contributed by atoms with van der Waals surface area (Å²) >= 11 is 0. The van der Waals surface area contributed by atoms with Gasteiger partial charge in [0.2, 0.25) is 11.8 Å². The van der Waals surface area contributed by atoms with E-state index in [-0.39, 0.29) is 28.7 Å². The Hall–Kier alpha value is -4.25. The van der Waals surface area contributed by atoms with Crippen molar-refractivity contribution in [3.05, 3.63) is 82.4 Å². The van der Waals surface area contributed by atoms with Gasteiger partial charge in [0.1, 0.15) is 17.4 Å². The molecule has 8 heteroatoms. The first kappa shape index (κ1) is 20.0. The second-order valence-corrected chi connectivity index (χ2v) is 7.54. The summed E-state index contributed by atoms with van der Waals surface area (Å²) in [6.07, 6.45) is 0. The van der Waals surface area contributed by atoms with Gasteiger partial charge >= 0.3 is 5.97 Å². The molecule has 1 aromatic heterocycles. The fraction of sp³-hybridized carbons (Fsp3) is 0.174. The van der Waals surface area contributed by atoms with Crippen molar-refractivity contribution in [1.82, 2.24) is 9.78 Å². The third kappa shape index (κ3) is 3.36. The van der Waals surface area contributed by atoms with E-state index in [4.69, 9.17) is 20.7 Å². The number of carbonyl (C=O) groups is 1. The standard InChI is InChI=1S/C23H20N4O4/c1-12(2)20-19-18(14-4-3-5-16(28)10-14)17(11-24)21(25)31-22(19)27(26-20)15-8-6-13(7-9-15)23(29)30/h3-10,12,18,28H,25H2,1-2H3,(H,29,30). The van der Waals surface area contributed by atoms with Gasteiger partial charge < -0.3 is 20.7 Å². The molecule has 3 aromatic rings. The third-order valence-corrected chi connectivity index (χ3v) is 5.19. The minimum atomic E-state index is -1.03. The number of rotatable bonds is 4. The second-order valence-electron chi connectivity index (χ2n) is 7.54. The molecule has 0 saturated heterocycles. The Morgan fingerprint density at radius 1 is 1.26 bits per heavy atom. The number of phenols is 1. The highest BCUT2D eigenvalue weighted by Crippen LogP contribution is 2.46. The van der Waals surface area contributed by atoms with Crippen molar-refractivity contribution >= 4 is 5.97 Å². The van der Waals surface area contributed by atoms with Crippen LogP contribution in [0.4, 0.5) is 0 Å². The molecule has 2 aromatic carbocycles. The normalized spacial score (nSPS) is 15.4. The number of nitrogens with zero attached hydrogens (tertiary/aromatic N) is 3. The monoisotopic (exact) mass is 416 g/mol. The first-order valence-corrected chi connectivity index (χ1v) is 9.64. The lowest BCUT2D eigenvalue weighted by Crippen LogP contribution is -2.22. The maximum atomic E-state index is 11.2. The van der Waals surface area contributed by atoms with E-state index in [1.54, 1.807) is 35.0 Å². The summed E-state index contributed by atoms with van der Waals surface area (Å²) in [5.74, 6) is -1.20. The van der Waals surface area contributed by atoms with Gasteiger partial charge in [-0.25, -0.2) is 9.48 Å². The Morgan fingerprint density at radius 2 is 1.97 bits per heavy atom. The number of aromatic nitrogens is 2. The lowest BCUT2D eigenvalue weighted by atomic mass is 9.82. The van der Waals surface area contributed by atoms with E-state index in [1.165, 1.54) is 12.1 Å². The number of nitriles is 1. The summed E-state index contributed by atoms with van der Waals surface area (Å²) in [5, 5.41) is 33.7. The van der Waals surface area contributed by atoms with Gasteiger partial charge in [-0.15, -0.1) is 0 Å². The van der Waals surface area contributed by atoms with E-state index in [1.807, 2.05) is 19.9 Å². The Labute approximate surface area is 178 Å². The molecule has 2 heterocycles. The van der Waals surface area contributed by atoms with Crippen LogP contribution in [-0.4, -0.2) is 26.0 Å². The molecule has 0 bridgehead atoms. The van der Waals surface area contributed by atoms with Gasteiger partial charge in [0.05, 0.1) is 28.4 Å². The molecule has 0 aliphatic carbocycles.